The van der Waals surface area contributed by atoms with Crippen LogP contribution in [0.2, 0.25) is 0 Å². The second-order valence-corrected chi connectivity index (χ2v) is 6.37. The van der Waals surface area contributed by atoms with Crippen LogP contribution in [-0.4, -0.2) is 26.4 Å². The number of nitrogens with zero attached hydrogens (tertiary/aromatic N) is 3. The number of carbonyl (C=O) groups is 1. The zero-order chi connectivity index (χ0) is 15.1. The lowest BCUT2D eigenvalue weighted by molar-refractivity contribution is -0.118. The van der Waals surface area contributed by atoms with Crippen molar-refractivity contribution in [3.05, 3.63) is 28.2 Å². The normalized spacial score (nSPS) is 10.8. The predicted octanol–water partition coefficient (Wildman–Crippen LogP) is 1.62. The minimum absolute atomic E-state index is 0.00579. The minimum Gasteiger partial charge on any atom is -0.350 e. The predicted molar refractivity (Wildman–Crippen MR) is 85.1 cm³/mol. The summed E-state index contributed by atoms with van der Waals surface area (Å²) >= 11 is 3.03. The topological polar surface area (TPSA) is 85.8 Å². The van der Waals surface area contributed by atoms with Crippen LogP contribution in [-0.2, 0) is 24.4 Å². The van der Waals surface area contributed by atoms with Crippen molar-refractivity contribution in [3.63, 3.8) is 0 Å². The number of rotatable bonds is 8. The molecule has 2 rings (SSSR count). The molecule has 8 heteroatoms. The van der Waals surface area contributed by atoms with E-state index in [9.17, 15) is 4.79 Å². The van der Waals surface area contributed by atoms with Crippen molar-refractivity contribution in [1.82, 2.24) is 20.1 Å². The second-order valence-electron chi connectivity index (χ2n) is 4.40. The Hall–Kier alpha value is -1.38. The van der Waals surface area contributed by atoms with Gasteiger partial charge in [0.15, 0.2) is 5.16 Å². The van der Waals surface area contributed by atoms with E-state index < -0.39 is 0 Å². The molecule has 0 unspecified atom stereocenters. The SMILES string of the molecule is CCCn1c(CN)nnc1SCC(=O)NCc1cccs1. The average molecular weight is 325 g/mol. The number of thioether (sulfide) groups is 1. The molecular weight excluding hydrogens is 306 g/mol. The minimum atomic E-state index is -0.00579. The summed E-state index contributed by atoms with van der Waals surface area (Å²) in [4.78, 5) is 13.0. The molecule has 0 bridgehead atoms. The van der Waals surface area contributed by atoms with Gasteiger partial charge in [0.2, 0.25) is 5.91 Å². The Labute approximate surface area is 132 Å². The van der Waals surface area contributed by atoms with Gasteiger partial charge in [-0.2, -0.15) is 0 Å². The number of amides is 1. The molecule has 0 fully saturated rings. The molecule has 6 nitrogen and oxygen atoms in total. The molecule has 0 radical (unpaired) electrons. The molecule has 0 atom stereocenters. The van der Waals surface area contributed by atoms with Crippen molar-refractivity contribution in [1.29, 1.82) is 0 Å². The molecule has 2 heterocycles. The zero-order valence-corrected chi connectivity index (χ0v) is 13.5. The van der Waals surface area contributed by atoms with E-state index in [-0.39, 0.29) is 5.91 Å². The maximum Gasteiger partial charge on any atom is 0.230 e. The van der Waals surface area contributed by atoms with Crippen LogP contribution in [0.5, 0.6) is 0 Å². The number of nitrogens with one attached hydrogen (secondary N) is 1. The van der Waals surface area contributed by atoms with Crippen LogP contribution < -0.4 is 11.1 Å². The molecule has 0 aromatic carbocycles. The Bertz CT molecular complexity index is 567. The molecule has 0 saturated heterocycles. The Morgan fingerprint density at radius 1 is 1.52 bits per heavy atom. The van der Waals surface area contributed by atoms with Crippen LogP contribution in [0.3, 0.4) is 0 Å². The molecule has 0 aliphatic heterocycles. The van der Waals surface area contributed by atoms with Gasteiger partial charge in [0, 0.05) is 11.4 Å². The van der Waals surface area contributed by atoms with E-state index in [0.717, 1.165) is 28.8 Å². The highest BCUT2D eigenvalue weighted by molar-refractivity contribution is 7.99. The van der Waals surface area contributed by atoms with Crippen molar-refractivity contribution in [2.75, 3.05) is 5.75 Å². The third kappa shape index (κ3) is 4.55. The summed E-state index contributed by atoms with van der Waals surface area (Å²) in [5, 5.41) is 13.8. The number of carbonyl (C=O) groups excluding carboxylic acids is 1. The van der Waals surface area contributed by atoms with E-state index in [1.807, 2.05) is 22.1 Å². The number of thiophene rings is 1. The molecule has 0 saturated carbocycles. The quantitative estimate of drug-likeness (QED) is 0.720. The summed E-state index contributed by atoms with van der Waals surface area (Å²) in [6.45, 7) is 3.84. The lowest BCUT2D eigenvalue weighted by Crippen LogP contribution is -2.24. The van der Waals surface area contributed by atoms with E-state index in [4.69, 9.17) is 5.73 Å². The van der Waals surface area contributed by atoms with Gasteiger partial charge in [0.25, 0.3) is 0 Å². The number of hydrogen-bond acceptors (Lipinski definition) is 6. The van der Waals surface area contributed by atoms with Gasteiger partial charge in [0.05, 0.1) is 18.8 Å². The molecule has 0 spiro atoms. The summed E-state index contributed by atoms with van der Waals surface area (Å²) in [6, 6.07) is 3.98. The van der Waals surface area contributed by atoms with Gasteiger partial charge < -0.3 is 15.6 Å². The van der Waals surface area contributed by atoms with Crippen LogP contribution in [0.25, 0.3) is 0 Å². The lowest BCUT2D eigenvalue weighted by atomic mass is 10.4. The average Bonchev–Trinajstić information content (AvgIpc) is 3.13. The maximum absolute atomic E-state index is 11.8. The summed E-state index contributed by atoms with van der Waals surface area (Å²) in [5.41, 5.74) is 5.64. The van der Waals surface area contributed by atoms with Crippen molar-refractivity contribution in [3.8, 4) is 0 Å². The van der Waals surface area contributed by atoms with Crippen molar-refractivity contribution in [2.24, 2.45) is 5.73 Å². The van der Waals surface area contributed by atoms with Gasteiger partial charge >= 0.3 is 0 Å². The van der Waals surface area contributed by atoms with Crippen molar-refractivity contribution < 1.29 is 4.79 Å². The fourth-order valence-corrected chi connectivity index (χ4v) is 3.26. The molecular formula is C13H19N5OS2. The second kappa shape index (κ2) is 8.16. The monoisotopic (exact) mass is 325 g/mol. The smallest absolute Gasteiger partial charge is 0.230 e. The van der Waals surface area contributed by atoms with Crippen molar-refractivity contribution in [2.45, 2.75) is 38.1 Å². The van der Waals surface area contributed by atoms with Gasteiger partial charge in [-0.1, -0.05) is 24.8 Å². The first kappa shape index (κ1) is 16.0. The first-order valence-electron chi connectivity index (χ1n) is 6.78. The number of hydrogen-bond donors (Lipinski definition) is 2. The number of nitrogens with two attached hydrogens (primary N) is 1. The van der Waals surface area contributed by atoms with Crippen LogP contribution in [0.4, 0.5) is 0 Å². The fraction of sp³-hybridized carbons (Fsp3) is 0.462. The molecule has 0 aliphatic rings. The van der Waals surface area contributed by atoms with Crippen LogP contribution in [0, 0.1) is 0 Å². The summed E-state index contributed by atoms with van der Waals surface area (Å²) in [5.74, 6) is 1.09. The van der Waals surface area contributed by atoms with Crippen LogP contribution >= 0.6 is 23.1 Å². The highest BCUT2D eigenvalue weighted by Crippen LogP contribution is 2.17. The largest absolute Gasteiger partial charge is 0.350 e. The molecule has 0 aliphatic carbocycles. The fourth-order valence-electron chi connectivity index (χ4n) is 1.80. The first-order chi connectivity index (χ1) is 10.2. The molecule has 2 aromatic rings. The Balaban J connectivity index is 1.84. The standard InChI is InChI=1S/C13H19N5OS2/c1-2-5-18-11(7-14)16-17-13(18)21-9-12(19)15-8-10-4-3-6-20-10/h3-4,6H,2,5,7-9,14H2,1H3,(H,15,19). The summed E-state index contributed by atoms with van der Waals surface area (Å²) in [7, 11) is 0. The molecule has 2 aromatic heterocycles. The Kier molecular flexibility index (Phi) is 6.21. The third-order valence-corrected chi connectivity index (χ3v) is 4.64. The van der Waals surface area contributed by atoms with Gasteiger partial charge in [-0.05, 0) is 17.9 Å². The van der Waals surface area contributed by atoms with Gasteiger partial charge in [0.1, 0.15) is 5.82 Å². The van der Waals surface area contributed by atoms with E-state index >= 15 is 0 Å². The molecule has 114 valence electrons. The first-order valence-corrected chi connectivity index (χ1v) is 8.65. The van der Waals surface area contributed by atoms with Crippen molar-refractivity contribution >= 4 is 29.0 Å². The van der Waals surface area contributed by atoms with Crippen LogP contribution in [0.15, 0.2) is 22.7 Å². The maximum atomic E-state index is 11.8. The zero-order valence-electron chi connectivity index (χ0n) is 11.9. The van der Waals surface area contributed by atoms with E-state index in [1.54, 1.807) is 11.3 Å². The molecule has 21 heavy (non-hydrogen) atoms. The van der Waals surface area contributed by atoms with E-state index in [2.05, 4.69) is 22.4 Å². The van der Waals surface area contributed by atoms with E-state index in [0.29, 0.717) is 18.8 Å². The van der Waals surface area contributed by atoms with Crippen LogP contribution in [0.1, 0.15) is 24.0 Å². The molecule has 3 N–H and O–H groups in total. The van der Waals surface area contributed by atoms with E-state index in [1.165, 1.54) is 11.8 Å². The lowest BCUT2D eigenvalue weighted by Gasteiger charge is -2.07. The Morgan fingerprint density at radius 2 is 2.38 bits per heavy atom. The third-order valence-electron chi connectivity index (χ3n) is 2.80. The Morgan fingerprint density at radius 3 is 3.05 bits per heavy atom. The highest BCUT2D eigenvalue weighted by Gasteiger charge is 2.12. The van der Waals surface area contributed by atoms with Gasteiger partial charge in [-0.25, -0.2) is 0 Å². The highest BCUT2D eigenvalue weighted by atomic mass is 32.2. The van der Waals surface area contributed by atoms with Gasteiger partial charge in [-0.3, -0.25) is 4.79 Å². The summed E-state index contributed by atoms with van der Waals surface area (Å²) in [6.07, 6.45) is 0.975. The van der Waals surface area contributed by atoms with Gasteiger partial charge in [-0.15, -0.1) is 21.5 Å². The number of aromatic nitrogens is 3. The summed E-state index contributed by atoms with van der Waals surface area (Å²) < 4.78 is 1.98. The molecule has 1 amide bonds.